The summed E-state index contributed by atoms with van der Waals surface area (Å²) < 4.78 is 4.62. The number of hydrogen-bond donors (Lipinski definition) is 0. The van der Waals surface area contributed by atoms with Crippen LogP contribution >= 0.6 is 0 Å². The number of fused-ring (bicyclic) bond motifs is 6. The molecule has 6 aromatic rings. The number of aliphatic imine (C=N–C) groups is 2. The van der Waals surface area contributed by atoms with Crippen LogP contribution in [0.5, 0.6) is 0 Å². The molecule has 0 amide bonds. The Balaban J connectivity index is 1.16. The van der Waals surface area contributed by atoms with E-state index in [1.54, 1.807) is 0 Å². The van der Waals surface area contributed by atoms with E-state index < -0.39 is 0 Å². The van der Waals surface area contributed by atoms with E-state index in [1.165, 1.54) is 43.6 Å². The van der Waals surface area contributed by atoms with Gasteiger partial charge in [-0.2, -0.15) is 0 Å². The standard InChI is InChI=1S/C31H28N4/c1-3-35-30-11-7-5-9-25(30)27-19-23(13-15-31(27)35)21-33-17-16-32-20-22-12-14-29-26(18-22)24-8-4-6-10-28(24)34(29)2/h4-15,18-21H,3,16-17H2,1-2H3. The van der Waals surface area contributed by atoms with Crippen molar-refractivity contribution in [3.8, 4) is 0 Å². The van der Waals surface area contributed by atoms with Crippen LogP contribution < -0.4 is 0 Å². The zero-order valence-corrected chi connectivity index (χ0v) is 20.1. The topological polar surface area (TPSA) is 34.6 Å². The van der Waals surface area contributed by atoms with Gasteiger partial charge in [-0.15, -0.1) is 0 Å². The molecular formula is C31H28N4. The number of nitrogens with zero attached hydrogens (tertiary/aromatic N) is 4. The fraction of sp³-hybridized carbons (Fsp3) is 0.161. The summed E-state index contributed by atoms with van der Waals surface area (Å²) in [6.07, 6.45) is 3.93. The molecule has 0 aliphatic carbocycles. The van der Waals surface area contributed by atoms with E-state index in [2.05, 4.69) is 118 Å². The van der Waals surface area contributed by atoms with Gasteiger partial charge in [0.2, 0.25) is 0 Å². The molecule has 4 nitrogen and oxygen atoms in total. The lowest BCUT2D eigenvalue weighted by Crippen LogP contribution is -1.93. The number of aromatic nitrogens is 2. The van der Waals surface area contributed by atoms with Crippen LogP contribution in [0.4, 0.5) is 0 Å². The maximum absolute atomic E-state index is 4.63. The molecule has 0 saturated heterocycles. The lowest BCUT2D eigenvalue weighted by Gasteiger charge is -2.02. The number of hydrogen-bond acceptors (Lipinski definition) is 2. The molecule has 0 N–H and O–H groups in total. The summed E-state index contributed by atoms with van der Waals surface area (Å²) in [7, 11) is 2.12. The van der Waals surface area contributed by atoms with Gasteiger partial charge in [0, 0.05) is 69.6 Å². The van der Waals surface area contributed by atoms with Crippen molar-refractivity contribution in [3.63, 3.8) is 0 Å². The van der Waals surface area contributed by atoms with Crippen molar-refractivity contribution >= 4 is 56.0 Å². The molecule has 2 aromatic heterocycles. The number of aryl methyl sites for hydroxylation is 2. The van der Waals surface area contributed by atoms with Gasteiger partial charge < -0.3 is 9.13 Å². The highest BCUT2D eigenvalue weighted by molar-refractivity contribution is 6.10. The molecule has 0 unspecified atom stereocenters. The highest BCUT2D eigenvalue weighted by Gasteiger charge is 2.09. The fourth-order valence-electron chi connectivity index (χ4n) is 5.21. The third kappa shape index (κ3) is 3.71. The van der Waals surface area contributed by atoms with Crippen LogP contribution in [0, 0.1) is 0 Å². The summed E-state index contributed by atoms with van der Waals surface area (Å²) >= 11 is 0. The monoisotopic (exact) mass is 456 g/mol. The first kappa shape index (κ1) is 21.4. The van der Waals surface area contributed by atoms with Crippen molar-refractivity contribution in [2.75, 3.05) is 13.1 Å². The van der Waals surface area contributed by atoms with Gasteiger partial charge in [0.15, 0.2) is 0 Å². The van der Waals surface area contributed by atoms with Gasteiger partial charge in [-0.1, -0.05) is 48.5 Å². The Morgan fingerprint density at radius 3 is 1.74 bits per heavy atom. The summed E-state index contributed by atoms with van der Waals surface area (Å²) in [4.78, 5) is 9.25. The van der Waals surface area contributed by atoms with Crippen molar-refractivity contribution < 1.29 is 0 Å². The third-order valence-electron chi connectivity index (χ3n) is 6.89. The van der Waals surface area contributed by atoms with Crippen LogP contribution in [0.15, 0.2) is 94.9 Å². The Labute approximate surface area is 204 Å². The SMILES string of the molecule is CCn1c2ccccc2c2cc(C=NCCN=Cc3ccc4c(c3)c3ccccc3n4C)ccc21. The van der Waals surface area contributed by atoms with Gasteiger partial charge in [-0.25, -0.2) is 0 Å². The molecule has 172 valence electrons. The van der Waals surface area contributed by atoms with E-state index in [0.29, 0.717) is 13.1 Å². The maximum Gasteiger partial charge on any atom is 0.0585 e. The van der Waals surface area contributed by atoms with E-state index >= 15 is 0 Å². The van der Waals surface area contributed by atoms with Gasteiger partial charge >= 0.3 is 0 Å². The quantitative estimate of drug-likeness (QED) is 0.191. The van der Waals surface area contributed by atoms with Crippen molar-refractivity contribution in [1.29, 1.82) is 0 Å². The summed E-state index contributed by atoms with van der Waals surface area (Å²) in [6, 6.07) is 30.3. The smallest absolute Gasteiger partial charge is 0.0585 e. The van der Waals surface area contributed by atoms with E-state index in [9.17, 15) is 0 Å². The van der Waals surface area contributed by atoms with Crippen molar-refractivity contribution in [3.05, 3.63) is 96.1 Å². The zero-order valence-electron chi connectivity index (χ0n) is 20.1. The van der Waals surface area contributed by atoms with E-state index in [-0.39, 0.29) is 0 Å². The van der Waals surface area contributed by atoms with Crippen LogP contribution in [-0.2, 0) is 13.6 Å². The summed E-state index contributed by atoms with van der Waals surface area (Å²) in [5.74, 6) is 0. The summed E-state index contributed by atoms with van der Waals surface area (Å²) in [5.41, 5.74) is 7.31. The molecule has 0 fully saturated rings. The van der Waals surface area contributed by atoms with Crippen molar-refractivity contribution in [1.82, 2.24) is 9.13 Å². The molecule has 35 heavy (non-hydrogen) atoms. The van der Waals surface area contributed by atoms with Crippen LogP contribution in [0.3, 0.4) is 0 Å². The average molecular weight is 457 g/mol. The first-order valence-electron chi connectivity index (χ1n) is 12.2. The summed E-state index contributed by atoms with van der Waals surface area (Å²) in [6.45, 7) is 4.49. The highest BCUT2D eigenvalue weighted by Crippen LogP contribution is 2.30. The number of rotatable bonds is 6. The van der Waals surface area contributed by atoms with Crippen LogP contribution in [0.2, 0.25) is 0 Å². The van der Waals surface area contributed by atoms with E-state index in [0.717, 1.165) is 17.7 Å². The van der Waals surface area contributed by atoms with E-state index in [4.69, 9.17) is 0 Å². The molecule has 6 rings (SSSR count). The second kappa shape index (κ2) is 8.88. The molecule has 4 heteroatoms. The van der Waals surface area contributed by atoms with Crippen molar-refractivity contribution in [2.45, 2.75) is 13.5 Å². The molecule has 0 aliphatic rings. The molecule has 0 aliphatic heterocycles. The molecule has 0 radical (unpaired) electrons. The first-order chi connectivity index (χ1) is 17.2. The van der Waals surface area contributed by atoms with Gasteiger partial charge in [0.25, 0.3) is 0 Å². The predicted molar refractivity (Wildman–Crippen MR) is 150 cm³/mol. The predicted octanol–water partition coefficient (Wildman–Crippen LogP) is 7.00. The van der Waals surface area contributed by atoms with Crippen molar-refractivity contribution in [2.24, 2.45) is 17.0 Å². The van der Waals surface area contributed by atoms with Crippen LogP contribution in [-0.4, -0.2) is 34.7 Å². The second-order valence-corrected chi connectivity index (χ2v) is 8.96. The lowest BCUT2D eigenvalue weighted by atomic mass is 10.1. The third-order valence-corrected chi connectivity index (χ3v) is 6.89. The molecule has 0 atom stereocenters. The highest BCUT2D eigenvalue weighted by atomic mass is 15.0. The Morgan fingerprint density at radius 1 is 0.600 bits per heavy atom. The average Bonchev–Trinajstić information content (AvgIpc) is 3.37. The van der Waals surface area contributed by atoms with Crippen LogP contribution in [0.1, 0.15) is 18.1 Å². The second-order valence-electron chi connectivity index (χ2n) is 8.96. The first-order valence-corrected chi connectivity index (χ1v) is 12.2. The molecule has 0 saturated carbocycles. The Bertz CT molecular complexity index is 1750. The summed E-state index contributed by atoms with van der Waals surface area (Å²) in [5, 5.41) is 5.13. The minimum absolute atomic E-state index is 0.668. The lowest BCUT2D eigenvalue weighted by molar-refractivity contribution is 0.827. The Kier molecular flexibility index (Phi) is 5.42. The molecule has 2 heterocycles. The minimum atomic E-state index is 0.668. The fourth-order valence-corrected chi connectivity index (χ4v) is 5.21. The molecule has 0 spiro atoms. The zero-order chi connectivity index (χ0) is 23.8. The number of benzene rings is 4. The van der Waals surface area contributed by atoms with Gasteiger partial charge in [-0.05, 0) is 54.4 Å². The van der Waals surface area contributed by atoms with Gasteiger partial charge in [0.1, 0.15) is 0 Å². The molecular weight excluding hydrogens is 428 g/mol. The Hall–Kier alpha value is -4.18. The van der Waals surface area contributed by atoms with E-state index in [1.807, 2.05) is 12.4 Å². The number of para-hydroxylation sites is 2. The van der Waals surface area contributed by atoms with Crippen LogP contribution in [0.25, 0.3) is 43.6 Å². The Morgan fingerprint density at radius 2 is 1.09 bits per heavy atom. The minimum Gasteiger partial charge on any atom is -0.344 e. The molecule has 0 bridgehead atoms. The largest absolute Gasteiger partial charge is 0.344 e. The van der Waals surface area contributed by atoms with Gasteiger partial charge in [0.05, 0.1) is 13.1 Å². The molecule has 4 aromatic carbocycles. The van der Waals surface area contributed by atoms with Gasteiger partial charge in [-0.3, -0.25) is 9.98 Å². The maximum atomic E-state index is 4.63. The normalized spacial score (nSPS) is 12.4.